The average molecular weight is 275 g/mol. The van der Waals surface area contributed by atoms with Gasteiger partial charge in [-0.3, -0.25) is 0 Å². The monoisotopic (exact) mass is 275 g/mol. The van der Waals surface area contributed by atoms with Gasteiger partial charge in [-0.25, -0.2) is 9.97 Å². The summed E-state index contributed by atoms with van der Waals surface area (Å²) in [6.45, 7) is 4.41. The fourth-order valence-corrected chi connectivity index (χ4v) is 3.25. The van der Waals surface area contributed by atoms with Gasteiger partial charge in [0.05, 0.1) is 0 Å². The van der Waals surface area contributed by atoms with Gasteiger partial charge in [-0.2, -0.15) is 0 Å². The van der Waals surface area contributed by atoms with Crippen LogP contribution in [-0.2, 0) is 6.42 Å². The molecule has 1 atom stereocenters. The molecule has 1 saturated carbocycles. The van der Waals surface area contributed by atoms with Gasteiger partial charge in [0.25, 0.3) is 0 Å². The summed E-state index contributed by atoms with van der Waals surface area (Å²) in [5.41, 5.74) is 7.14. The van der Waals surface area contributed by atoms with E-state index in [0.717, 1.165) is 30.3 Å². The van der Waals surface area contributed by atoms with Crippen LogP contribution in [0.3, 0.4) is 0 Å². The SMILES string of the molecule is CCCC1CCC(c2nccc(CC(N)CC)n2)CC1. The van der Waals surface area contributed by atoms with Crippen molar-refractivity contribution in [3.8, 4) is 0 Å². The van der Waals surface area contributed by atoms with Crippen molar-refractivity contribution in [1.29, 1.82) is 0 Å². The summed E-state index contributed by atoms with van der Waals surface area (Å²) in [6, 6.07) is 2.24. The van der Waals surface area contributed by atoms with E-state index in [4.69, 9.17) is 10.7 Å². The van der Waals surface area contributed by atoms with Crippen molar-refractivity contribution in [3.05, 3.63) is 23.8 Å². The molecule has 0 radical (unpaired) electrons. The summed E-state index contributed by atoms with van der Waals surface area (Å²) >= 11 is 0. The number of rotatable bonds is 6. The summed E-state index contributed by atoms with van der Waals surface area (Å²) in [7, 11) is 0. The molecule has 3 nitrogen and oxygen atoms in total. The maximum atomic E-state index is 6.02. The molecular formula is C17H29N3. The van der Waals surface area contributed by atoms with E-state index in [9.17, 15) is 0 Å². The molecule has 1 aromatic rings. The Balaban J connectivity index is 1.94. The summed E-state index contributed by atoms with van der Waals surface area (Å²) in [5, 5.41) is 0. The van der Waals surface area contributed by atoms with E-state index in [1.54, 1.807) is 0 Å². The van der Waals surface area contributed by atoms with Crippen LogP contribution in [0.15, 0.2) is 12.3 Å². The maximum Gasteiger partial charge on any atom is 0.131 e. The minimum Gasteiger partial charge on any atom is -0.327 e. The first-order valence-electron chi connectivity index (χ1n) is 8.30. The molecule has 0 aromatic carbocycles. The van der Waals surface area contributed by atoms with E-state index < -0.39 is 0 Å². The smallest absolute Gasteiger partial charge is 0.131 e. The second-order valence-electron chi connectivity index (χ2n) is 6.28. The highest BCUT2D eigenvalue weighted by Crippen LogP contribution is 2.36. The Morgan fingerprint density at radius 3 is 2.65 bits per heavy atom. The van der Waals surface area contributed by atoms with Crippen molar-refractivity contribution in [2.24, 2.45) is 11.7 Å². The second-order valence-corrected chi connectivity index (χ2v) is 6.28. The van der Waals surface area contributed by atoms with Crippen LogP contribution in [0.25, 0.3) is 0 Å². The summed E-state index contributed by atoms with van der Waals surface area (Å²) < 4.78 is 0. The van der Waals surface area contributed by atoms with Crippen LogP contribution in [0.1, 0.15) is 76.2 Å². The van der Waals surface area contributed by atoms with Crippen LogP contribution in [0.4, 0.5) is 0 Å². The molecule has 1 heterocycles. The fraction of sp³-hybridized carbons (Fsp3) is 0.765. The third-order valence-electron chi connectivity index (χ3n) is 4.64. The molecule has 0 amide bonds. The van der Waals surface area contributed by atoms with Crippen molar-refractivity contribution in [2.75, 3.05) is 0 Å². The summed E-state index contributed by atoms with van der Waals surface area (Å²) in [6.07, 6.45) is 11.7. The molecule has 20 heavy (non-hydrogen) atoms. The topological polar surface area (TPSA) is 51.8 Å². The number of aromatic nitrogens is 2. The van der Waals surface area contributed by atoms with Gasteiger partial charge < -0.3 is 5.73 Å². The Bertz CT molecular complexity index is 397. The Kier molecular flexibility index (Phi) is 5.96. The lowest BCUT2D eigenvalue weighted by atomic mass is 9.80. The summed E-state index contributed by atoms with van der Waals surface area (Å²) in [5.74, 6) is 2.56. The van der Waals surface area contributed by atoms with Gasteiger partial charge in [-0.1, -0.05) is 26.7 Å². The first-order valence-corrected chi connectivity index (χ1v) is 8.30. The van der Waals surface area contributed by atoms with E-state index >= 15 is 0 Å². The number of nitrogens with zero attached hydrogens (tertiary/aromatic N) is 2. The zero-order valence-corrected chi connectivity index (χ0v) is 13.0. The zero-order valence-electron chi connectivity index (χ0n) is 13.0. The van der Waals surface area contributed by atoms with Crippen LogP contribution < -0.4 is 5.73 Å². The lowest BCUT2D eigenvalue weighted by Crippen LogP contribution is -2.22. The highest BCUT2D eigenvalue weighted by molar-refractivity contribution is 5.08. The minimum atomic E-state index is 0.220. The van der Waals surface area contributed by atoms with E-state index in [-0.39, 0.29) is 6.04 Å². The molecule has 112 valence electrons. The predicted octanol–water partition coefficient (Wildman–Crippen LogP) is 3.83. The quantitative estimate of drug-likeness (QED) is 0.858. The minimum absolute atomic E-state index is 0.220. The van der Waals surface area contributed by atoms with Crippen molar-refractivity contribution in [3.63, 3.8) is 0 Å². The maximum absolute atomic E-state index is 6.02. The molecule has 1 aliphatic carbocycles. The number of hydrogen-bond donors (Lipinski definition) is 1. The number of nitrogens with two attached hydrogens (primary N) is 1. The Labute approximate surface area is 123 Å². The Hall–Kier alpha value is -0.960. The second kappa shape index (κ2) is 7.72. The molecule has 0 saturated heterocycles. The first kappa shape index (κ1) is 15.4. The standard InChI is InChI=1S/C17H29N3/c1-3-5-13-6-8-14(9-7-13)17-19-11-10-16(20-17)12-15(18)4-2/h10-11,13-15H,3-9,12,18H2,1-2H3. The highest BCUT2D eigenvalue weighted by Gasteiger charge is 2.23. The molecule has 0 aliphatic heterocycles. The molecule has 1 aliphatic rings. The molecule has 2 N–H and O–H groups in total. The van der Waals surface area contributed by atoms with Gasteiger partial charge in [0.1, 0.15) is 5.82 Å². The molecule has 0 bridgehead atoms. The van der Waals surface area contributed by atoms with Crippen molar-refractivity contribution in [1.82, 2.24) is 9.97 Å². The highest BCUT2D eigenvalue weighted by atomic mass is 14.9. The van der Waals surface area contributed by atoms with E-state index in [2.05, 4.69) is 18.8 Å². The fourth-order valence-electron chi connectivity index (χ4n) is 3.25. The normalized spacial score (nSPS) is 24.6. The molecule has 2 rings (SSSR count). The molecule has 1 aromatic heterocycles. The third-order valence-corrected chi connectivity index (χ3v) is 4.64. The Morgan fingerprint density at radius 2 is 2.00 bits per heavy atom. The van der Waals surface area contributed by atoms with Crippen molar-refractivity contribution >= 4 is 0 Å². The largest absolute Gasteiger partial charge is 0.327 e. The van der Waals surface area contributed by atoms with E-state index in [0.29, 0.717) is 5.92 Å². The van der Waals surface area contributed by atoms with Gasteiger partial charge in [-0.15, -0.1) is 0 Å². The molecular weight excluding hydrogens is 246 g/mol. The average Bonchev–Trinajstić information content (AvgIpc) is 2.48. The van der Waals surface area contributed by atoms with Gasteiger partial charge in [-0.05, 0) is 44.1 Å². The van der Waals surface area contributed by atoms with Crippen LogP contribution in [-0.4, -0.2) is 16.0 Å². The van der Waals surface area contributed by atoms with E-state index in [1.165, 1.54) is 38.5 Å². The first-order chi connectivity index (χ1) is 9.72. The Morgan fingerprint density at radius 1 is 1.25 bits per heavy atom. The van der Waals surface area contributed by atoms with Crippen molar-refractivity contribution in [2.45, 2.75) is 77.2 Å². The predicted molar refractivity (Wildman–Crippen MR) is 83.6 cm³/mol. The lowest BCUT2D eigenvalue weighted by molar-refractivity contribution is 0.302. The van der Waals surface area contributed by atoms with Gasteiger partial charge in [0, 0.05) is 30.3 Å². The third kappa shape index (κ3) is 4.27. The molecule has 0 spiro atoms. The summed E-state index contributed by atoms with van der Waals surface area (Å²) in [4.78, 5) is 9.28. The van der Waals surface area contributed by atoms with Crippen LogP contribution in [0, 0.1) is 5.92 Å². The van der Waals surface area contributed by atoms with Gasteiger partial charge in [0.2, 0.25) is 0 Å². The van der Waals surface area contributed by atoms with Crippen LogP contribution in [0.2, 0.25) is 0 Å². The van der Waals surface area contributed by atoms with Gasteiger partial charge >= 0.3 is 0 Å². The van der Waals surface area contributed by atoms with Crippen molar-refractivity contribution < 1.29 is 0 Å². The molecule has 1 fully saturated rings. The lowest BCUT2D eigenvalue weighted by Gasteiger charge is -2.27. The number of hydrogen-bond acceptors (Lipinski definition) is 3. The van der Waals surface area contributed by atoms with Crippen LogP contribution in [0.5, 0.6) is 0 Å². The zero-order chi connectivity index (χ0) is 14.4. The van der Waals surface area contributed by atoms with Gasteiger partial charge in [0.15, 0.2) is 0 Å². The molecule has 3 heteroatoms. The van der Waals surface area contributed by atoms with E-state index in [1.807, 2.05) is 12.3 Å². The molecule has 1 unspecified atom stereocenters. The van der Waals surface area contributed by atoms with Crippen LogP contribution >= 0.6 is 0 Å².